The molecule has 2 bridgehead atoms. The lowest BCUT2D eigenvalue weighted by Crippen LogP contribution is -2.42. The smallest absolute Gasteiger partial charge is 0.305 e. The summed E-state index contributed by atoms with van der Waals surface area (Å²) in [5.74, 6) is -1.76. The van der Waals surface area contributed by atoms with Gasteiger partial charge in [-0.3, -0.25) is 24.1 Å². The van der Waals surface area contributed by atoms with E-state index in [-0.39, 0.29) is 63.9 Å². The van der Waals surface area contributed by atoms with E-state index in [4.69, 9.17) is 9.47 Å². The van der Waals surface area contributed by atoms with Crippen molar-refractivity contribution in [3.63, 3.8) is 0 Å². The number of hydrogen-bond donors (Lipinski definition) is 3. The third-order valence-electron chi connectivity index (χ3n) is 9.95. The summed E-state index contributed by atoms with van der Waals surface area (Å²) in [6.07, 6.45) is 0.734. The van der Waals surface area contributed by atoms with E-state index in [0.29, 0.717) is 29.5 Å². The molecule has 3 aromatic carbocycles. The van der Waals surface area contributed by atoms with E-state index in [2.05, 4.69) is 10.3 Å². The summed E-state index contributed by atoms with van der Waals surface area (Å²) in [6.45, 7) is 1.92. The highest BCUT2D eigenvalue weighted by Crippen LogP contribution is 2.68. The number of thiazole rings is 1. The van der Waals surface area contributed by atoms with Gasteiger partial charge in [-0.25, -0.2) is 4.39 Å². The summed E-state index contributed by atoms with van der Waals surface area (Å²) < 4.78 is 25.6. The molecule has 1 saturated heterocycles. The second-order valence-corrected chi connectivity index (χ2v) is 14.7. The van der Waals surface area contributed by atoms with Crippen LogP contribution in [0.15, 0.2) is 76.6 Å². The van der Waals surface area contributed by atoms with Gasteiger partial charge in [0.1, 0.15) is 11.6 Å². The molecular weight excluding hydrogens is 658 g/mol. The van der Waals surface area contributed by atoms with Gasteiger partial charge in [-0.1, -0.05) is 17.4 Å². The van der Waals surface area contributed by atoms with Crippen LogP contribution in [0.4, 0.5) is 15.8 Å². The Morgan fingerprint density at radius 3 is 2.44 bits per heavy atom. The number of hydrogen-bond acceptors (Lipinski definition) is 9. The lowest BCUT2D eigenvalue weighted by molar-refractivity contribution is -0.123. The number of aromatic nitrogens is 1. The fourth-order valence-electron chi connectivity index (χ4n) is 8.23. The number of benzene rings is 3. The number of fused-ring (bicyclic) bond motifs is 9. The van der Waals surface area contributed by atoms with Crippen LogP contribution < -0.4 is 24.6 Å². The summed E-state index contributed by atoms with van der Waals surface area (Å²) in [6, 6.07) is 17.1. The molecule has 8 rings (SSSR count). The van der Waals surface area contributed by atoms with E-state index in [1.807, 2.05) is 19.1 Å². The number of thioether (sulfide) groups is 1. The first-order valence-corrected chi connectivity index (χ1v) is 17.4. The fraction of sp³-hybridized carbons (Fsp3) is 0.314. The lowest BCUT2D eigenvalue weighted by Gasteiger charge is -2.43. The molecule has 3 fully saturated rings. The first-order chi connectivity index (χ1) is 23.2. The molecule has 3 N–H and O–H groups in total. The van der Waals surface area contributed by atoms with Crippen LogP contribution in [0.5, 0.6) is 17.2 Å². The summed E-state index contributed by atoms with van der Waals surface area (Å²) in [5.41, 5.74) is 1.79. The van der Waals surface area contributed by atoms with Crippen molar-refractivity contribution < 1.29 is 33.4 Å². The van der Waals surface area contributed by atoms with Gasteiger partial charge in [0.25, 0.3) is 5.91 Å². The fourth-order valence-corrected chi connectivity index (χ4v) is 11.1. The van der Waals surface area contributed by atoms with Gasteiger partial charge in [-0.05, 0) is 97.3 Å². The van der Waals surface area contributed by atoms with E-state index >= 15 is 0 Å². The Hall–Kier alpha value is -4.62. The minimum atomic E-state index is -0.491. The number of aromatic amines is 1. The number of nitrogens with one attached hydrogen (secondary N) is 2. The number of carbonyl (C=O) groups excluding carboxylic acids is 3. The number of nitrogens with zero attached hydrogens (tertiary/aromatic N) is 1. The number of anilines is 2. The molecular formula is C35H30FN3O7S2. The summed E-state index contributed by atoms with van der Waals surface area (Å²) >= 11 is 2.76. The number of phenolic OH excluding ortho intramolecular Hbond substituents is 1. The zero-order valence-electron chi connectivity index (χ0n) is 25.6. The SMILES string of the molecule is CCOc1cc([C@@H]2c3sc(=O)[nH]c3S[C@@H]3[C@@H]4C[C@@H]([C@@H]5C(=O)N(c6ccc(F)cc6)C(=O)[C@@H]45)[C@H]23)ccc1OCC(=O)Nc1ccc(O)cc1. The largest absolute Gasteiger partial charge is 0.508 e. The monoisotopic (exact) mass is 687 g/mol. The van der Waals surface area contributed by atoms with Gasteiger partial charge in [-0.15, -0.1) is 11.8 Å². The number of imide groups is 1. The molecule has 246 valence electrons. The minimum Gasteiger partial charge on any atom is -0.508 e. The number of amides is 3. The number of rotatable bonds is 8. The molecule has 1 aromatic heterocycles. The number of phenols is 1. The van der Waals surface area contributed by atoms with Gasteiger partial charge in [-0.2, -0.15) is 0 Å². The number of aromatic hydroxyl groups is 1. The van der Waals surface area contributed by atoms with Crippen molar-refractivity contribution in [1.82, 2.24) is 4.98 Å². The molecule has 2 aliphatic carbocycles. The van der Waals surface area contributed by atoms with Crippen molar-refractivity contribution in [2.24, 2.45) is 29.6 Å². The van der Waals surface area contributed by atoms with E-state index < -0.39 is 17.7 Å². The standard InChI is InChI=1S/C35H30FN3O7S2/c1-2-45-24-13-16(3-12-23(24)46-15-25(41)37-18-6-10-20(40)11-7-18)26-27-21-14-22(30(27)47-32-31(26)48-35(44)38-32)29-28(21)33(42)39(34(29)43)19-8-4-17(36)5-9-19/h3-13,21-22,26-30,40H,2,14-15H2,1H3,(H,37,41)(H,38,44)/t21-,22-,26+,27-,28+,29+,30-/m1/s1. The Kier molecular flexibility index (Phi) is 7.55. The molecule has 48 heavy (non-hydrogen) atoms. The van der Waals surface area contributed by atoms with Crippen LogP contribution in [0.3, 0.4) is 0 Å². The molecule has 4 aliphatic rings. The third kappa shape index (κ3) is 4.98. The molecule has 2 saturated carbocycles. The van der Waals surface area contributed by atoms with Crippen molar-refractivity contribution in [2.75, 3.05) is 23.4 Å². The van der Waals surface area contributed by atoms with Crippen molar-refractivity contribution in [3.8, 4) is 17.2 Å². The Morgan fingerprint density at radius 1 is 0.979 bits per heavy atom. The van der Waals surface area contributed by atoms with Crippen LogP contribution >= 0.6 is 23.1 Å². The Balaban J connectivity index is 1.10. The average Bonchev–Trinajstić information content (AvgIpc) is 3.81. The zero-order valence-corrected chi connectivity index (χ0v) is 27.2. The van der Waals surface area contributed by atoms with E-state index in [9.17, 15) is 28.7 Å². The summed E-state index contributed by atoms with van der Waals surface area (Å²) in [5, 5.41) is 13.0. The van der Waals surface area contributed by atoms with Crippen molar-refractivity contribution >= 4 is 52.2 Å². The zero-order chi connectivity index (χ0) is 33.3. The predicted molar refractivity (Wildman–Crippen MR) is 177 cm³/mol. The molecule has 3 heterocycles. The number of ether oxygens (including phenoxy) is 2. The topological polar surface area (TPSA) is 138 Å². The number of halogens is 1. The summed E-state index contributed by atoms with van der Waals surface area (Å²) in [4.78, 5) is 58.0. The number of H-pyrrole nitrogens is 1. The first kappa shape index (κ1) is 30.7. The highest BCUT2D eigenvalue weighted by atomic mass is 32.2. The van der Waals surface area contributed by atoms with Crippen LogP contribution in [0, 0.1) is 35.4 Å². The highest BCUT2D eigenvalue weighted by Gasteiger charge is 2.69. The van der Waals surface area contributed by atoms with Gasteiger partial charge in [0.15, 0.2) is 18.1 Å². The quantitative estimate of drug-likeness (QED) is 0.166. The second-order valence-electron chi connectivity index (χ2n) is 12.5. The van der Waals surface area contributed by atoms with E-state index in [1.165, 1.54) is 41.3 Å². The van der Waals surface area contributed by atoms with Crippen LogP contribution in [-0.4, -0.2) is 46.3 Å². The normalized spacial score (nSPS) is 26.6. The predicted octanol–water partition coefficient (Wildman–Crippen LogP) is 5.38. The highest BCUT2D eigenvalue weighted by molar-refractivity contribution is 8.00. The minimum absolute atomic E-state index is 0.000942. The Bertz CT molecular complexity index is 2000. The van der Waals surface area contributed by atoms with Crippen LogP contribution in [-0.2, 0) is 14.4 Å². The van der Waals surface area contributed by atoms with Crippen LogP contribution in [0.1, 0.15) is 29.7 Å². The maximum Gasteiger partial charge on any atom is 0.305 e. The molecule has 0 radical (unpaired) electrons. The molecule has 13 heteroatoms. The van der Waals surface area contributed by atoms with Gasteiger partial charge in [0.05, 0.1) is 29.2 Å². The molecule has 7 atom stereocenters. The maximum atomic E-state index is 14.0. The average molecular weight is 688 g/mol. The molecule has 4 aromatic rings. The second kappa shape index (κ2) is 11.8. The van der Waals surface area contributed by atoms with Crippen molar-refractivity contribution in [3.05, 3.63) is 92.7 Å². The molecule has 10 nitrogen and oxygen atoms in total. The van der Waals surface area contributed by atoms with Gasteiger partial charge < -0.3 is 24.9 Å². The molecule has 0 spiro atoms. The Morgan fingerprint density at radius 2 is 1.71 bits per heavy atom. The lowest BCUT2D eigenvalue weighted by atomic mass is 9.68. The van der Waals surface area contributed by atoms with Crippen LogP contribution in [0.2, 0.25) is 0 Å². The first-order valence-electron chi connectivity index (χ1n) is 15.7. The third-order valence-corrected chi connectivity index (χ3v) is 12.5. The van der Waals surface area contributed by atoms with Gasteiger partial charge in [0.2, 0.25) is 11.8 Å². The number of carbonyl (C=O) groups is 3. The van der Waals surface area contributed by atoms with Gasteiger partial charge in [0, 0.05) is 21.7 Å². The van der Waals surface area contributed by atoms with E-state index in [1.54, 1.807) is 30.0 Å². The van der Waals surface area contributed by atoms with Gasteiger partial charge >= 0.3 is 4.87 Å². The molecule has 2 aliphatic heterocycles. The summed E-state index contributed by atoms with van der Waals surface area (Å²) in [7, 11) is 0. The van der Waals surface area contributed by atoms with E-state index in [0.717, 1.165) is 33.2 Å². The van der Waals surface area contributed by atoms with Crippen molar-refractivity contribution in [1.29, 1.82) is 0 Å². The molecule has 0 unspecified atom stereocenters. The van der Waals surface area contributed by atoms with Crippen molar-refractivity contribution in [2.45, 2.75) is 29.5 Å². The maximum absolute atomic E-state index is 14.0. The Labute approximate surface area is 282 Å². The van der Waals surface area contributed by atoms with Crippen LogP contribution in [0.25, 0.3) is 0 Å². The molecule has 3 amide bonds.